The molecule has 0 aromatic rings. The fourth-order valence-electron chi connectivity index (χ4n) is 3.65. The second kappa shape index (κ2) is 1.82. The Hall–Kier alpha value is -0.0400. The lowest BCUT2D eigenvalue weighted by molar-refractivity contribution is -0.107. The van der Waals surface area contributed by atoms with Crippen LogP contribution >= 0.6 is 0 Å². The summed E-state index contributed by atoms with van der Waals surface area (Å²) in [5.74, 6) is 1.41. The van der Waals surface area contributed by atoms with E-state index in [2.05, 4.69) is 13.8 Å². The van der Waals surface area contributed by atoms with Gasteiger partial charge < -0.3 is 5.11 Å². The van der Waals surface area contributed by atoms with Crippen LogP contribution in [-0.2, 0) is 0 Å². The molecule has 1 nitrogen and oxygen atoms in total. The summed E-state index contributed by atoms with van der Waals surface area (Å²) in [5, 5.41) is 10.0. The molecule has 2 saturated carbocycles. The summed E-state index contributed by atoms with van der Waals surface area (Å²) in [5.41, 5.74) is 0.0527. The van der Waals surface area contributed by atoms with Gasteiger partial charge >= 0.3 is 0 Å². The van der Waals surface area contributed by atoms with E-state index in [0.29, 0.717) is 11.3 Å². The van der Waals surface area contributed by atoms with Gasteiger partial charge in [0.15, 0.2) is 0 Å². The van der Waals surface area contributed by atoms with Gasteiger partial charge in [0.2, 0.25) is 0 Å². The van der Waals surface area contributed by atoms with E-state index in [1.165, 1.54) is 12.8 Å². The number of hydrogen-bond acceptors (Lipinski definition) is 1. The number of aliphatic hydroxyl groups is 1. The number of hydrogen-bond donors (Lipinski definition) is 1. The maximum Gasteiger partial charge on any atom is 0.0655 e. The Balaban J connectivity index is 2.22. The van der Waals surface area contributed by atoms with Crippen molar-refractivity contribution in [1.29, 1.82) is 0 Å². The lowest BCUT2D eigenvalue weighted by Gasteiger charge is -2.52. The van der Waals surface area contributed by atoms with Gasteiger partial charge in [-0.1, -0.05) is 13.8 Å². The maximum atomic E-state index is 10.0. The third kappa shape index (κ3) is 0.868. The van der Waals surface area contributed by atoms with Crippen LogP contribution in [0.15, 0.2) is 0 Å². The van der Waals surface area contributed by atoms with Gasteiger partial charge in [-0.05, 0) is 43.4 Å². The van der Waals surface area contributed by atoms with Gasteiger partial charge in [-0.25, -0.2) is 0 Å². The fraction of sp³-hybridized carbons (Fsp3) is 1.00. The molecule has 0 bridgehead atoms. The molecule has 1 N–H and O–H groups in total. The molecule has 2 aliphatic rings. The molecule has 0 amide bonds. The molecule has 2 aliphatic carbocycles. The summed E-state index contributed by atoms with van der Waals surface area (Å²) in [7, 11) is 0. The van der Waals surface area contributed by atoms with Crippen LogP contribution in [0, 0.1) is 17.3 Å². The molecule has 64 valence electrons. The lowest BCUT2D eigenvalue weighted by Crippen LogP contribution is -2.50. The van der Waals surface area contributed by atoms with E-state index in [1.807, 2.05) is 6.92 Å². The van der Waals surface area contributed by atoms with Crippen molar-refractivity contribution in [1.82, 2.24) is 0 Å². The zero-order valence-corrected chi connectivity index (χ0v) is 7.72. The van der Waals surface area contributed by atoms with Gasteiger partial charge in [0.05, 0.1) is 5.60 Å². The molecular formula is C10H18O. The smallest absolute Gasteiger partial charge is 0.0655 e. The SMILES string of the molecule is CC1(C)CC2CCC(C)(O)C21. The van der Waals surface area contributed by atoms with Crippen LogP contribution in [0.25, 0.3) is 0 Å². The Labute approximate surface area is 68.8 Å². The first-order chi connectivity index (χ1) is 4.93. The van der Waals surface area contributed by atoms with Crippen LogP contribution in [0.2, 0.25) is 0 Å². The van der Waals surface area contributed by atoms with E-state index in [4.69, 9.17) is 0 Å². The highest BCUT2D eigenvalue weighted by molar-refractivity contribution is 5.08. The van der Waals surface area contributed by atoms with Crippen LogP contribution in [0.5, 0.6) is 0 Å². The van der Waals surface area contributed by atoms with Crippen molar-refractivity contribution in [2.45, 2.75) is 45.6 Å². The quantitative estimate of drug-likeness (QED) is 0.567. The summed E-state index contributed by atoms with van der Waals surface area (Å²) < 4.78 is 0. The summed E-state index contributed by atoms with van der Waals surface area (Å²) in [6, 6.07) is 0. The predicted octanol–water partition coefficient (Wildman–Crippen LogP) is 2.19. The van der Waals surface area contributed by atoms with E-state index < -0.39 is 0 Å². The molecule has 11 heavy (non-hydrogen) atoms. The molecule has 3 atom stereocenters. The molecular weight excluding hydrogens is 136 g/mol. The topological polar surface area (TPSA) is 20.2 Å². The number of fused-ring (bicyclic) bond motifs is 1. The highest BCUT2D eigenvalue weighted by Crippen LogP contribution is 2.62. The normalized spacial score (nSPS) is 53.5. The molecule has 2 fully saturated rings. The Morgan fingerprint density at radius 1 is 1.27 bits per heavy atom. The summed E-state index contributed by atoms with van der Waals surface area (Å²) in [6.07, 6.45) is 3.60. The Bertz CT molecular complexity index is 181. The van der Waals surface area contributed by atoms with Gasteiger partial charge in [-0.2, -0.15) is 0 Å². The zero-order chi connectivity index (χ0) is 8.28. The van der Waals surface area contributed by atoms with Crippen LogP contribution in [0.1, 0.15) is 40.0 Å². The molecule has 0 saturated heterocycles. The molecule has 2 rings (SSSR count). The highest BCUT2D eigenvalue weighted by Gasteiger charge is 2.58. The maximum absolute atomic E-state index is 10.0. The minimum atomic E-state index is -0.355. The average molecular weight is 154 g/mol. The van der Waals surface area contributed by atoms with Gasteiger partial charge in [-0.3, -0.25) is 0 Å². The third-order valence-corrected chi connectivity index (χ3v) is 3.79. The largest absolute Gasteiger partial charge is 0.390 e. The second-order valence-corrected chi connectivity index (χ2v) is 5.33. The van der Waals surface area contributed by atoms with E-state index in [9.17, 15) is 5.11 Å². The van der Waals surface area contributed by atoms with E-state index in [-0.39, 0.29) is 5.60 Å². The molecule has 0 aromatic carbocycles. The van der Waals surface area contributed by atoms with Gasteiger partial charge in [-0.15, -0.1) is 0 Å². The standard InChI is InChI=1S/C10H18O/c1-9(2)6-7-4-5-10(3,11)8(7)9/h7-8,11H,4-6H2,1-3H3. The Kier molecular flexibility index (Phi) is 1.26. The van der Waals surface area contributed by atoms with Crippen molar-refractivity contribution in [3.05, 3.63) is 0 Å². The Morgan fingerprint density at radius 3 is 2.27 bits per heavy atom. The second-order valence-electron chi connectivity index (χ2n) is 5.33. The molecule has 0 radical (unpaired) electrons. The summed E-state index contributed by atoms with van der Waals surface area (Å²) in [4.78, 5) is 0. The monoisotopic (exact) mass is 154 g/mol. The molecule has 0 aromatic heterocycles. The van der Waals surface area contributed by atoms with Crippen molar-refractivity contribution < 1.29 is 5.11 Å². The first-order valence-corrected chi connectivity index (χ1v) is 4.66. The van der Waals surface area contributed by atoms with Gasteiger partial charge in [0.1, 0.15) is 0 Å². The van der Waals surface area contributed by atoms with Crippen LogP contribution in [0.4, 0.5) is 0 Å². The predicted molar refractivity (Wildman–Crippen MR) is 45.2 cm³/mol. The molecule has 0 heterocycles. The third-order valence-electron chi connectivity index (χ3n) is 3.79. The van der Waals surface area contributed by atoms with Crippen molar-refractivity contribution in [2.24, 2.45) is 17.3 Å². The van der Waals surface area contributed by atoms with Crippen LogP contribution < -0.4 is 0 Å². The molecule has 0 aliphatic heterocycles. The van der Waals surface area contributed by atoms with Crippen molar-refractivity contribution in [3.8, 4) is 0 Å². The van der Waals surface area contributed by atoms with Gasteiger partial charge in [0, 0.05) is 0 Å². The van der Waals surface area contributed by atoms with E-state index in [0.717, 1.165) is 12.3 Å². The first-order valence-electron chi connectivity index (χ1n) is 4.66. The molecule has 3 unspecified atom stereocenters. The summed E-state index contributed by atoms with van der Waals surface area (Å²) >= 11 is 0. The van der Waals surface area contributed by atoms with Crippen LogP contribution in [-0.4, -0.2) is 10.7 Å². The minimum Gasteiger partial charge on any atom is -0.390 e. The van der Waals surface area contributed by atoms with E-state index in [1.54, 1.807) is 0 Å². The van der Waals surface area contributed by atoms with Crippen LogP contribution in [0.3, 0.4) is 0 Å². The van der Waals surface area contributed by atoms with E-state index >= 15 is 0 Å². The van der Waals surface area contributed by atoms with Crippen molar-refractivity contribution >= 4 is 0 Å². The molecule has 1 heteroatoms. The molecule has 0 spiro atoms. The van der Waals surface area contributed by atoms with Gasteiger partial charge in [0.25, 0.3) is 0 Å². The minimum absolute atomic E-state index is 0.355. The first kappa shape index (κ1) is 7.60. The highest BCUT2D eigenvalue weighted by atomic mass is 16.3. The van der Waals surface area contributed by atoms with Crippen molar-refractivity contribution in [3.63, 3.8) is 0 Å². The number of rotatable bonds is 0. The van der Waals surface area contributed by atoms with Crippen molar-refractivity contribution in [2.75, 3.05) is 0 Å². The summed E-state index contributed by atoms with van der Waals surface area (Å²) in [6.45, 7) is 6.58. The fourth-order valence-corrected chi connectivity index (χ4v) is 3.65. The zero-order valence-electron chi connectivity index (χ0n) is 7.72. The Morgan fingerprint density at radius 2 is 1.91 bits per heavy atom. The average Bonchev–Trinajstić information content (AvgIpc) is 2.00. The lowest BCUT2D eigenvalue weighted by atomic mass is 9.54.